The summed E-state index contributed by atoms with van der Waals surface area (Å²) in [6, 6.07) is 19.0. The smallest absolute Gasteiger partial charge is 0.255 e. The van der Waals surface area contributed by atoms with Crippen molar-refractivity contribution >= 4 is 29.3 Å². The number of furan rings is 1. The third kappa shape index (κ3) is 4.22. The van der Waals surface area contributed by atoms with Crippen molar-refractivity contribution in [3.8, 4) is 0 Å². The number of rotatable bonds is 6. The van der Waals surface area contributed by atoms with Crippen molar-refractivity contribution in [2.24, 2.45) is 0 Å². The van der Waals surface area contributed by atoms with Crippen molar-refractivity contribution in [3.05, 3.63) is 89.4 Å². The van der Waals surface area contributed by atoms with Gasteiger partial charge in [-0.2, -0.15) is 0 Å². The van der Waals surface area contributed by atoms with Crippen LogP contribution in [-0.4, -0.2) is 22.5 Å². The second kappa shape index (κ2) is 8.57. The molecule has 1 saturated heterocycles. The summed E-state index contributed by atoms with van der Waals surface area (Å²) < 4.78 is 5.40. The first-order chi connectivity index (χ1) is 14.2. The first-order valence-corrected chi connectivity index (χ1v) is 10.6. The predicted octanol–water partition coefficient (Wildman–Crippen LogP) is 4.87. The largest absolute Gasteiger partial charge is 0.467 e. The monoisotopic (exact) mass is 406 g/mol. The molecule has 0 bridgehead atoms. The number of hydrogen-bond acceptors (Lipinski definition) is 4. The molecule has 3 aromatic rings. The second-order valence-electron chi connectivity index (χ2n) is 6.85. The molecular formula is C23H22N2O3S. The normalized spacial score (nSPS) is 16.2. The number of carbonyl (C=O) groups is 2. The van der Waals surface area contributed by atoms with E-state index in [-0.39, 0.29) is 17.2 Å². The van der Waals surface area contributed by atoms with Crippen molar-refractivity contribution in [2.75, 3.05) is 11.1 Å². The van der Waals surface area contributed by atoms with Gasteiger partial charge in [0, 0.05) is 11.3 Å². The van der Waals surface area contributed by atoms with E-state index in [1.165, 1.54) is 0 Å². The quantitative estimate of drug-likeness (QED) is 0.634. The standard InChI is InChI=1S/C23H22N2O3S/c1-2-16-6-3-4-8-20(16)24-22(27)17-9-11-18(12-10-17)23-25(21(26)15-29-23)14-19-7-5-13-28-19/h3-13,23H,2,14-15H2,1H3,(H,24,27)/t23-/m0/s1. The van der Waals surface area contributed by atoms with Gasteiger partial charge < -0.3 is 14.6 Å². The Morgan fingerprint density at radius 1 is 1.14 bits per heavy atom. The van der Waals surface area contributed by atoms with E-state index in [4.69, 9.17) is 4.42 Å². The van der Waals surface area contributed by atoms with Crippen LogP contribution in [0, 0.1) is 0 Å². The average Bonchev–Trinajstić information content (AvgIpc) is 3.39. The van der Waals surface area contributed by atoms with Gasteiger partial charge in [-0.15, -0.1) is 11.8 Å². The van der Waals surface area contributed by atoms with Crippen molar-refractivity contribution in [2.45, 2.75) is 25.3 Å². The Morgan fingerprint density at radius 3 is 2.66 bits per heavy atom. The summed E-state index contributed by atoms with van der Waals surface area (Å²) in [4.78, 5) is 26.8. The van der Waals surface area contributed by atoms with Gasteiger partial charge in [-0.1, -0.05) is 37.3 Å². The maximum absolute atomic E-state index is 12.6. The molecule has 1 atom stereocenters. The molecule has 0 radical (unpaired) electrons. The highest BCUT2D eigenvalue weighted by Gasteiger charge is 2.33. The highest BCUT2D eigenvalue weighted by molar-refractivity contribution is 8.00. The van der Waals surface area contributed by atoms with Crippen molar-refractivity contribution < 1.29 is 14.0 Å². The molecule has 0 unspecified atom stereocenters. The molecule has 0 spiro atoms. The van der Waals surface area contributed by atoms with Crippen LogP contribution < -0.4 is 5.32 Å². The van der Waals surface area contributed by atoms with Gasteiger partial charge in [0.15, 0.2) is 0 Å². The van der Waals surface area contributed by atoms with Crippen LogP contribution in [0.4, 0.5) is 5.69 Å². The van der Waals surface area contributed by atoms with E-state index in [1.54, 1.807) is 18.0 Å². The van der Waals surface area contributed by atoms with E-state index < -0.39 is 0 Å². The fourth-order valence-electron chi connectivity index (χ4n) is 3.42. The first kappa shape index (κ1) is 19.3. The number of benzene rings is 2. The Kier molecular flexibility index (Phi) is 5.71. The van der Waals surface area contributed by atoms with Crippen LogP contribution in [0.2, 0.25) is 0 Å². The third-order valence-corrected chi connectivity index (χ3v) is 6.23. The number of aryl methyl sites for hydroxylation is 1. The summed E-state index contributed by atoms with van der Waals surface area (Å²) in [5, 5.41) is 2.91. The minimum absolute atomic E-state index is 0.0782. The van der Waals surface area contributed by atoms with Crippen molar-refractivity contribution in [3.63, 3.8) is 0 Å². The Labute approximate surface area is 174 Å². The molecule has 2 amide bonds. The maximum atomic E-state index is 12.6. The minimum Gasteiger partial charge on any atom is -0.467 e. The Morgan fingerprint density at radius 2 is 1.93 bits per heavy atom. The molecule has 4 rings (SSSR count). The number of nitrogens with one attached hydrogen (secondary N) is 1. The van der Waals surface area contributed by atoms with E-state index in [0.717, 1.165) is 29.0 Å². The summed E-state index contributed by atoms with van der Waals surface area (Å²) >= 11 is 1.59. The van der Waals surface area contributed by atoms with E-state index >= 15 is 0 Å². The molecule has 148 valence electrons. The molecule has 0 saturated carbocycles. The summed E-state index contributed by atoms with van der Waals surface area (Å²) in [6.07, 6.45) is 2.47. The lowest BCUT2D eigenvalue weighted by atomic mass is 10.1. The van der Waals surface area contributed by atoms with Crippen molar-refractivity contribution in [1.29, 1.82) is 0 Å². The molecular weight excluding hydrogens is 384 g/mol. The zero-order valence-electron chi connectivity index (χ0n) is 16.1. The van der Waals surface area contributed by atoms with Gasteiger partial charge in [-0.3, -0.25) is 9.59 Å². The number of hydrogen-bond donors (Lipinski definition) is 1. The van der Waals surface area contributed by atoms with Crippen LogP contribution in [-0.2, 0) is 17.8 Å². The number of amides is 2. The van der Waals surface area contributed by atoms with Crippen LogP contribution in [0.5, 0.6) is 0 Å². The van der Waals surface area contributed by atoms with Crippen LogP contribution in [0.1, 0.15) is 39.5 Å². The van der Waals surface area contributed by atoms with Gasteiger partial charge in [-0.05, 0) is 47.9 Å². The van der Waals surface area contributed by atoms with Crippen LogP contribution in [0.25, 0.3) is 0 Å². The van der Waals surface area contributed by atoms with E-state index in [9.17, 15) is 9.59 Å². The molecule has 29 heavy (non-hydrogen) atoms. The van der Waals surface area contributed by atoms with Crippen LogP contribution >= 0.6 is 11.8 Å². The van der Waals surface area contributed by atoms with Gasteiger partial charge in [0.25, 0.3) is 5.91 Å². The van der Waals surface area contributed by atoms with Crippen LogP contribution in [0.15, 0.2) is 71.3 Å². The zero-order valence-corrected chi connectivity index (χ0v) is 16.9. The molecule has 1 aromatic heterocycles. The summed E-state index contributed by atoms with van der Waals surface area (Å²) in [5.41, 5.74) is 3.53. The molecule has 5 nitrogen and oxygen atoms in total. The molecule has 2 aromatic carbocycles. The Balaban J connectivity index is 1.48. The lowest BCUT2D eigenvalue weighted by Gasteiger charge is -2.23. The minimum atomic E-state index is -0.139. The molecule has 6 heteroatoms. The number of para-hydroxylation sites is 1. The molecule has 1 aliphatic heterocycles. The average molecular weight is 407 g/mol. The van der Waals surface area contributed by atoms with Gasteiger partial charge in [0.05, 0.1) is 18.6 Å². The topological polar surface area (TPSA) is 62.6 Å². The number of nitrogens with zero attached hydrogens (tertiary/aromatic N) is 1. The van der Waals surface area contributed by atoms with Crippen molar-refractivity contribution in [1.82, 2.24) is 4.90 Å². The number of carbonyl (C=O) groups excluding carboxylic acids is 2. The number of anilines is 1. The van der Waals surface area contributed by atoms with E-state index in [2.05, 4.69) is 12.2 Å². The molecule has 1 fully saturated rings. The summed E-state index contributed by atoms with van der Waals surface area (Å²) in [6.45, 7) is 2.51. The SMILES string of the molecule is CCc1ccccc1NC(=O)c1ccc([C@@H]2SCC(=O)N2Cc2ccco2)cc1. The molecule has 2 heterocycles. The Hall–Kier alpha value is -2.99. The van der Waals surface area contributed by atoms with Gasteiger partial charge in [0.2, 0.25) is 5.91 Å². The third-order valence-electron chi connectivity index (χ3n) is 4.98. The van der Waals surface area contributed by atoms with Gasteiger partial charge in [-0.25, -0.2) is 0 Å². The van der Waals surface area contributed by atoms with Gasteiger partial charge in [0.1, 0.15) is 11.1 Å². The molecule has 1 aliphatic rings. The first-order valence-electron chi connectivity index (χ1n) is 9.58. The predicted molar refractivity (Wildman–Crippen MR) is 115 cm³/mol. The summed E-state index contributed by atoms with van der Waals surface area (Å²) in [5.74, 6) is 1.16. The molecule has 1 N–H and O–H groups in total. The van der Waals surface area contributed by atoms with Crippen LogP contribution in [0.3, 0.4) is 0 Å². The summed E-state index contributed by atoms with van der Waals surface area (Å²) in [7, 11) is 0. The van der Waals surface area contributed by atoms with Gasteiger partial charge >= 0.3 is 0 Å². The molecule has 0 aliphatic carbocycles. The van der Waals surface area contributed by atoms with E-state index in [1.807, 2.05) is 65.6 Å². The van der Waals surface area contributed by atoms with E-state index in [0.29, 0.717) is 17.9 Å². The fraction of sp³-hybridized carbons (Fsp3) is 0.217. The zero-order chi connectivity index (χ0) is 20.2. The number of thioether (sulfide) groups is 1. The second-order valence-corrected chi connectivity index (χ2v) is 7.92. The lowest BCUT2D eigenvalue weighted by molar-refractivity contribution is -0.128. The highest BCUT2D eigenvalue weighted by atomic mass is 32.2. The Bertz CT molecular complexity index is 999. The maximum Gasteiger partial charge on any atom is 0.255 e. The highest BCUT2D eigenvalue weighted by Crippen LogP contribution is 2.39. The lowest BCUT2D eigenvalue weighted by Crippen LogP contribution is -2.27. The fourth-order valence-corrected chi connectivity index (χ4v) is 4.60.